The Balaban J connectivity index is 2.08. The SMILES string of the molecule is COC(=O)c1ccc(F)c(NC(=O)[C@@H]2CC[C@H](CN)O2)c1. The molecule has 0 aromatic heterocycles. The Morgan fingerprint density at radius 2 is 2.24 bits per heavy atom. The van der Waals surface area contributed by atoms with E-state index in [1.807, 2.05) is 0 Å². The minimum Gasteiger partial charge on any atom is -0.465 e. The van der Waals surface area contributed by atoms with E-state index in [1.54, 1.807) is 0 Å². The van der Waals surface area contributed by atoms with Crippen LogP contribution in [0.4, 0.5) is 10.1 Å². The highest BCUT2D eigenvalue weighted by Crippen LogP contribution is 2.22. The van der Waals surface area contributed by atoms with Crippen LogP contribution in [0, 0.1) is 5.82 Å². The van der Waals surface area contributed by atoms with Gasteiger partial charge in [0.05, 0.1) is 24.5 Å². The van der Waals surface area contributed by atoms with E-state index in [9.17, 15) is 14.0 Å². The van der Waals surface area contributed by atoms with E-state index in [4.69, 9.17) is 10.5 Å². The van der Waals surface area contributed by atoms with Crippen LogP contribution in [0.1, 0.15) is 23.2 Å². The van der Waals surface area contributed by atoms with E-state index in [2.05, 4.69) is 10.1 Å². The van der Waals surface area contributed by atoms with Gasteiger partial charge in [0.1, 0.15) is 11.9 Å². The van der Waals surface area contributed by atoms with Gasteiger partial charge >= 0.3 is 5.97 Å². The van der Waals surface area contributed by atoms with Crippen LogP contribution in [0.5, 0.6) is 0 Å². The molecule has 7 heteroatoms. The zero-order valence-corrected chi connectivity index (χ0v) is 11.6. The molecule has 114 valence electrons. The predicted octanol–water partition coefficient (Wildman–Crippen LogP) is 1.06. The molecular weight excluding hydrogens is 279 g/mol. The zero-order valence-electron chi connectivity index (χ0n) is 11.6. The van der Waals surface area contributed by atoms with Crippen molar-refractivity contribution in [2.45, 2.75) is 25.0 Å². The summed E-state index contributed by atoms with van der Waals surface area (Å²) in [7, 11) is 1.23. The minimum absolute atomic E-state index is 0.0808. The van der Waals surface area contributed by atoms with Gasteiger partial charge in [0.2, 0.25) is 0 Å². The Hall–Kier alpha value is -1.99. The second-order valence-electron chi connectivity index (χ2n) is 4.74. The van der Waals surface area contributed by atoms with Gasteiger partial charge in [0, 0.05) is 6.54 Å². The molecule has 1 aliphatic heterocycles. The Bertz CT molecular complexity index is 550. The average Bonchev–Trinajstić information content (AvgIpc) is 2.97. The van der Waals surface area contributed by atoms with Crippen LogP contribution in [-0.4, -0.2) is 37.7 Å². The van der Waals surface area contributed by atoms with Crippen LogP contribution in [0.3, 0.4) is 0 Å². The summed E-state index contributed by atoms with van der Waals surface area (Å²) in [5.74, 6) is -1.69. The lowest BCUT2D eigenvalue weighted by molar-refractivity contribution is -0.126. The molecule has 1 aromatic carbocycles. The first-order valence-electron chi connectivity index (χ1n) is 6.59. The van der Waals surface area contributed by atoms with E-state index < -0.39 is 23.8 Å². The normalized spacial score (nSPS) is 21.1. The molecule has 0 unspecified atom stereocenters. The van der Waals surface area contributed by atoms with Crippen LogP contribution in [0.2, 0.25) is 0 Å². The molecule has 6 nitrogen and oxygen atoms in total. The molecule has 1 heterocycles. The van der Waals surface area contributed by atoms with Crippen molar-refractivity contribution in [2.24, 2.45) is 5.73 Å². The van der Waals surface area contributed by atoms with Gasteiger partial charge in [-0.1, -0.05) is 0 Å². The van der Waals surface area contributed by atoms with E-state index in [0.717, 1.165) is 6.07 Å². The number of nitrogens with one attached hydrogen (secondary N) is 1. The summed E-state index contributed by atoms with van der Waals surface area (Å²) in [6, 6.07) is 3.61. The summed E-state index contributed by atoms with van der Waals surface area (Å²) in [5.41, 5.74) is 5.55. The number of anilines is 1. The van der Waals surface area contributed by atoms with Crippen LogP contribution < -0.4 is 11.1 Å². The third kappa shape index (κ3) is 3.56. The molecule has 1 aliphatic rings. The maximum atomic E-state index is 13.7. The number of hydrogen-bond donors (Lipinski definition) is 2. The highest BCUT2D eigenvalue weighted by molar-refractivity contribution is 5.96. The molecule has 1 amide bonds. The maximum Gasteiger partial charge on any atom is 0.337 e. The number of carbonyl (C=O) groups excluding carboxylic acids is 2. The molecule has 3 N–H and O–H groups in total. The predicted molar refractivity (Wildman–Crippen MR) is 73.3 cm³/mol. The van der Waals surface area contributed by atoms with E-state index >= 15 is 0 Å². The fraction of sp³-hybridized carbons (Fsp3) is 0.429. The quantitative estimate of drug-likeness (QED) is 0.811. The summed E-state index contributed by atoms with van der Waals surface area (Å²) in [5, 5.41) is 2.43. The third-order valence-corrected chi connectivity index (χ3v) is 3.31. The van der Waals surface area contributed by atoms with Gasteiger partial charge in [-0.3, -0.25) is 4.79 Å². The number of methoxy groups -OCH3 is 1. The number of carbonyl (C=O) groups is 2. The fourth-order valence-corrected chi connectivity index (χ4v) is 2.15. The number of halogens is 1. The van der Waals surface area contributed by atoms with Crippen molar-refractivity contribution in [1.29, 1.82) is 0 Å². The van der Waals surface area contributed by atoms with Crippen LogP contribution >= 0.6 is 0 Å². The third-order valence-electron chi connectivity index (χ3n) is 3.31. The summed E-state index contributed by atoms with van der Waals surface area (Å²) in [6.07, 6.45) is 0.428. The summed E-state index contributed by atoms with van der Waals surface area (Å²) < 4.78 is 23.7. The molecular formula is C14H17FN2O4. The molecule has 1 fully saturated rings. The first kappa shape index (κ1) is 15.4. The highest BCUT2D eigenvalue weighted by Gasteiger charge is 2.30. The average molecular weight is 296 g/mol. The number of hydrogen-bond acceptors (Lipinski definition) is 5. The zero-order chi connectivity index (χ0) is 15.4. The smallest absolute Gasteiger partial charge is 0.337 e. The lowest BCUT2D eigenvalue weighted by atomic mass is 10.1. The topological polar surface area (TPSA) is 90.7 Å². The minimum atomic E-state index is -0.653. The summed E-state index contributed by atoms with van der Waals surface area (Å²) >= 11 is 0. The van der Waals surface area contributed by atoms with Crippen molar-refractivity contribution in [3.8, 4) is 0 Å². The molecule has 21 heavy (non-hydrogen) atoms. The molecule has 0 bridgehead atoms. The van der Waals surface area contributed by atoms with Gasteiger partial charge in [-0.05, 0) is 31.0 Å². The Kier molecular flexibility index (Phi) is 4.87. The first-order chi connectivity index (χ1) is 10.0. The van der Waals surface area contributed by atoms with Gasteiger partial charge in [-0.15, -0.1) is 0 Å². The van der Waals surface area contributed by atoms with Crippen LogP contribution in [0.25, 0.3) is 0 Å². The monoisotopic (exact) mass is 296 g/mol. The standard InChI is InChI=1S/C14H17FN2O4/c1-20-14(19)8-2-4-10(15)11(6-8)17-13(18)12-5-3-9(7-16)21-12/h2,4,6,9,12H,3,5,7,16H2,1H3,(H,17,18)/t9-,12+/m1/s1. The number of rotatable bonds is 4. The highest BCUT2D eigenvalue weighted by atomic mass is 19.1. The van der Waals surface area contributed by atoms with Crippen molar-refractivity contribution in [1.82, 2.24) is 0 Å². The second kappa shape index (κ2) is 6.64. The lowest BCUT2D eigenvalue weighted by Crippen LogP contribution is -2.30. The maximum absolute atomic E-state index is 13.7. The molecule has 0 aliphatic carbocycles. The number of nitrogens with two attached hydrogens (primary N) is 1. The number of esters is 1. The molecule has 0 saturated carbocycles. The van der Waals surface area contributed by atoms with Gasteiger partial charge in [0.25, 0.3) is 5.91 Å². The molecule has 0 spiro atoms. The van der Waals surface area contributed by atoms with Crippen molar-refractivity contribution in [3.63, 3.8) is 0 Å². The van der Waals surface area contributed by atoms with Crippen molar-refractivity contribution >= 4 is 17.6 Å². The Morgan fingerprint density at radius 1 is 1.48 bits per heavy atom. The van der Waals surface area contributed by atoms with Crippen molar-refractivity contribution in [3.05, 3.63) is 29.6 Å². The summed E-state index contributed by atoms with van der Waals surface area (Å²) in [6.45, 7) is 0.343. The fourth-order valence-electron chi connectivity index (χ4n) is 2.15. The van der Waals surface area contributed by atoms with E-state index in [1.165, 1.54) is 19.2 Å². The number of benzene rings is 1. The van der Waals surface area contributed by atoms with Crippen LogP contribution in [0.15, 0.2) is 18.2 Å². The Morgan fingerprint density at radius 3 is 2.86 bits per heavy atom. The Labute approximate surface area is 121 Å². The summed E-state index contributed by atoms with van der Waals surface area (Å²) in [4.78, 5) is 23.4. The number of ether oxygens (including phenoxy) is 2. The molecule has 2 rings (SSSR count). The van der Waals surface area contributed by atoms with E-state index in [-0.39, 0.29) is 17.4 Å². The van der Waals surface area contributed by atoms with E-state index in [0.29, 0.717) is 19.4 Å². The number of amides is 1. The van der Waals surface area contributed by atoms with Gasteiger partial charge in [0.15, 0.2) is 0 Å². The molecule has 2 atom stereocenters. The van der Waals surface area contributed by atoms with Gasteiger partial charge in [-0.2, -0.15) is 0 Å². The van der Waals surface area contributed by atoms with Gasteiger partial charge < -0.3 is 20.5 Å². The van der Waals surface area contributed by atoms with Crippen molar-refractivity contribution in [2.75, 3.05) is 19.0 Å². The molecule has 0 radical (unpaired) electrons. The second-order valence-corrected chi connectivity index (χ2v) is 4.74. The van der Waals surface area contributed by atoms with Crippen molar-refractivity contribution < 1.29 is 23.5 Å². The largest absolute Gasteiger partial charge is 0.465 e. The molecule has 1 saturated heterocycles. The lowest BCUT2D eigenvalue weighted by Gasteiger charge is -2.13. The van der Waals surface area contributed by atoms with Gasteiger partial charge in [-0.25, -0.2) is 9.18 Å². The molecule has 1 aromatic rings. The first-order valence-corrected chi connectivity index (χ1v) is 6.59. The van der Waals surface area contributed by atoms with Crippen LogP contribution in [-0.2, 0) is 14.3 Å².